The van der Waals surface area contributed by atoms with Crippen molar-refractivity contribution in [2.24, 2.45) is 11.8 Å². The third-order valence-corrected chi connectivity index (χ3v) is 5.24. The van der Waals surface area contributed by atoms with Crippen LogP contribution >= 0.6 is 0 Å². The van der Waals surface area contributed by atoms with Gasteiger partial charge in [-0.2, -0.15) is 0 Å². The molecule has 7 nitrogen and oxygen atoms in total. The van der Waals surface area contributed by atoms with Gasteiger partial charge in [0.1, 0.15) is 0 Å². The first-order chi connectivity index (χ1) is 11.7. The molecule has 1 aliphatic carbocycles. The molecule has 1 aromatic heterocycles. The Bertz CT molecular complexity index is 601. The molecule has 2 aliphatic heterocycles. The summed E-state index contributed by atoms with van der Waals surface area (Å²) in [6.45, 7) is 2.20. The Hall–Kier alpha value is -2.18. The molecule has 0 bridgehead atoms. The molecule has 24 heavy (non-hydrogen) atoms. The maximum atomic E-state index is 12.4. The second-order valence-electron chi connectivity index (χ2n) is 7.10. The fourth-order valence-electron chi connectivity index (χ4n) is 3.78. The number of carbonyl (C=O) groups is 2. The number of piperidine rings is 1. The number of nitrogens with zero attached hydrogens (tertiary/aromatic N) is 4. The Morgan fingerprint density at radius 3 is 2.67 bits per heavy atom. The summed E-state index contributed by atoms with van der Waals surface area (Å²) >= 11 is 0. The standard InChI is InChI=1S/C17H23N5O2/c23-15-9-14(13-4-5-13)20-17(24)22(15)11-12-3-1-8-21(10-12)16-18-6-2-7-19-16/h2,6-7,12-14H,1,3-5,8-11H2,(H,20,24). The molecule has 1 N–H and O–H groups in total. The Kier molecular flexibility index (Phi) is 4.08. The number of carbonyl (C=O) groups excluding carboxylic acids is 2. The predicted octanol–water partition coefficient (Wildman–Crippen LogP) is 1.41. The largest absolute Gasteiger partial charge is 0.340 e. The average Bonchev–Trinajstić information content (AvgIpc) is 3.44. The Balaban J connectivity index is 1.37. The Morgan fingerprint density at radius 2 is 1.96 bits per heavy atom. The van der Waals surface area contributed by atoms with Crippen molar-refractivity contribution in [3.63, 3.8) is 0 Å². The maximum Gasteiger partial charge on any atom is 0.324 e. The van der Waals surface area contributed by atoms with E-state index in [1.54, 1.807) is 18.5 Å². The van der Waals surface area contributed by atoms with Crippen molar-refractivity contribution in [3.8, 4) is 0 Å². The van der Waals surface area contributed by atoms with Crippen LogP contribution in [-0.4, -0.2) is 52.5 Å². The first kappa shape index (κ1) is 15.4. The van der Waals surface area contributed by atoms with E-state index in [0.717, 1.165) is 44.7 Å². The van der Waals surface area contributed by atoms with Gasteiger partial charge in [-0.15, -0.1) is 0 Å². The highest BCUT2D eigenvalue weighted by Crippen LogP contribution is 2.35. The van der Waals surface area contributed by atoms with Crippen molar-refractivity contribution in [2.75, 3.05) is 24.5 Å². The monoisotopic (exact) mass is 329 g/mol. The molecule has 0 radical (unpaired) electrons. The molecule has 0 spiro atoms. The molecule has 1 aromatic rings. The molecule has 7 heteroatoms. The van der Waals surface area contributed by atoms with E-state index >= 15 is 0 Å². The SMILES string of the molecule is O=C1CC(C2CC2)NC(=O)N1CC1CCCN(c2ncccn2)C1. The van der Waals surface area contributed by atoms with Gasteiger partial charge in [-0.05, 0) is 43.6 Å². The van der Waals surface area contributed by atoms with Crippen LogP contribution < -0.4 is 10.2 Å². The van der Waals surface area contributed by atoms with Crippen LogP contribution in [0.15, 0.2) is 18.5 Å². The summed E-state index contributed by atoms with van der Waals surface area (Å²) in [6.07, 6.45) is 8.25. The molecular formula is C17H23N5O2. The molecule has 2 atom stereocenters. The van der Waals surface area contributed by atoms with Crippen LogP contribution in [-0.2, 0) is 4.79 Å². The number of anilines is 1. The summed E-state index contributed by atoms with van der Waals surface area (Å²) in [5, 5.41) is 3.02. The highest BCUT2D eigenvalue weighted by molar-refractivity contribution is 5.97. The number of imide groups is 1. The summed E-state index contributed by atoms with van der Waals surface area (Å²) in [5.41, 5.74) is 0. The molecule has 128 valence electrons. The van der Waals surface area contributed by atoms with Crippen LogP contribution in [0.3, 0.4) is 0 Å². The third-order valence-electron chi connectivity index (χ3n) is 5.24. The quantitative estimate of drug-likeness (QED) is 0.904. The van der Waals surface area contributed by atoms with Gasteiger partial charge in [0.15, 0.2) is 0 Å². The van der Waals surface area contributed by atoms with E-state index in [-0.39, 0.29) is 23.9 Å². The predicted molar refractivity (Wildman–Crippen MR) is 88.3 cm³/mol. The molecule has 0 aromatic carbocycles. The third kappa shape index (κ3) is 3.20. The van der Waals surface area contributed by atoms with Gasteiger partial charge < -0.3 is 10.2 Å². The molecule has 3 fully saturated rings. The van der Waals surface area contributed by atoms with Crippen molar-refractivity contribution in [3.05, 3.63) is 18.5 Å². The molecule has 3 aliphatic rings. The molecule has 3 amide bonds. The number of rotatable bonds is 4. The van der Waals surface area contributed by atoms with Crippen molar-refractivity contribution in [2.45, 2.75) is 38.1 Å². The number of urea groups is 1. The lowest BCUT2D eigenvalue weighted by Crippen LogP contribution is -2.57. The van der Waals surface area contributed by atoms with Crippen LogP contribution in [0.25, 0.3) is 0 Å². The molecule has 2 unspecified atom stereocenters. The van der Waals surface area contributed by atoms with Crippen LogP contribution in [0.2, 0.25) is 0 Å². The lowest BCUT2D eigenvalue weighted by molar-refractivity contribution is -0.130. The first-order valence-corrected chi connectivity index (χ1v) is 8.83. The summed E-state index contributed by atoms with van der Waals surface area (Å²) in [6, 6.07) is 1.65. The van der Waals surface area contributed by atoms with E-state index in [2.05, 4.69) is 20.2 Å². The van der Waals surface area contributed by atoms with Gasteiger partial charge in [0.25, 0.3) is 0 Å². The molecular weight excluding hydrogens is 306 g/mol. The summed E-state index contributed by atoms with van der Waals surface area (Å²) in [7, 11) is 0. The molecule has 1 saturated carbocycles. The second-order valence-corrected chi connectivity index (χ2v) is 7.10. The fraction of sp³-hybridized carbons (Fsp3) is 0.647. The van der Waals surface area contributed by atoms with E-state index < -0.39 is 0 Å². The van der Waals surface area contributed by atoms with Crippen molar-refractivity contribution in [1.82, 2.24) is 20.2 Å². The topological polar surface area (TPSA) is 78.4 Å². The van der Waals surface area contributed by atoms with Gasteiger partial charge in [0, 0.05) is 44.5 Å². The van der Waals surface area contributed by atoms with Crippen LogP contribution in [0.1, 0.15) is 32.1 Å². The van der Waals surface area contributed by atoms with E-state index in [1.165, 1.54) is 4.90 Å². The summed E-state index contributed by atoms with van der Waals surface area (Å²) < 4.78 is 0. The smallest absolute Gasteiger partial charge is 0.324 e. The van der Waals surface area contributed by atoms with Gasteiger partial charge in [-0.1, -0.05) is 0 Å². The summed E-state index contributed by atoms with van der Waals surface area (Å²) in [5.74, 6) is 1.49. The van der Waals surface area contributed by atoms with Gasteiger partial charge >= 0.3 is 6.03 Å². The Morgan fingerprint density at radius 1 is 1.17 bits per heavy atom. The van der Waals surface area contributed by atoms with Gasteiger partial charge in [-0.3, -0.25) is 9.69 Å². The molecule has 4 rings (SSSR count). The number of amides is 3. The minimum absolute atomic E-state index is 0.0243. The van der Waals surface area contributed by atoms with E-state index in [1.807, 2.05) is 0 Å². The van der Waals surface area contributed by atoms with Crippen molar-refractivity contribution >= 4 is 17.9 Å². The van der Waals surface area contributed by atoms with E-state index in [0.29, 0.717) is 18.9 Å². The maximum absolute atomic E-state index is 12.4. The van der Waals surface area contributed by atoms with Gasteiger partial charge in [0.05, 0.1) is 0 Å². The second kappa shape index (κ2) is 6.37. The minimum Gasteiger partial charge on any atom is -0.340 e. The lowest BCUT2D eigenvalue weighted by atomic mass is 9.96. The molecule has 2 saturated heterocycles. The zero-order valence-corrected chi connectivity index (χ0v) is 13.7. The number of hydrogen-bond donors (Lipinski definition) is 1. The molecule has 3 heterocycles. The van der Waals surface area contributed by atoms with Crippen molar-refractivity contribution in [1.29, 1.82) is 0 Å². The Labute approximate surface area is 141 Å². The minimum atomic E-state index is -0.212. The van der Waals surface area contributed by atoms with Crippen LogP contribution in [0, 0.1) is 11.8 Å². The van der Waals surface area contributed by atoms with E-state index in [9.17, 15) is 9.59 Å². The normalized spacial score (nSPS) is 28.0. The van der Waals surface area contributed by atoms with Gasteiger partial charge in [-0.25, -0.2) is 14.8 Å². The first-order valence-electron chi connectivity index (χ1n) is 8.83. The highest BCUT2D eigenvalue weighted by atomic mass is 16.2. The average molecular weight is 329 g/mol. The van der Waals surface area contributed by atoms with Gasteiger partial charge in [0.2, 0.25) is 11.9 Å². The number of hydrogen-bond acceptors (Lipinski definition) is 5. The number of nitrogens with one attached hydrogen (secondary N) is 1. The van der Waals surface area contributed by atoms with E-state index in [4.69, 9.17) is 0 Å². The fourth-order valence-corrected chi connectivity index (χ4v) is 3.78. The lowest BCUT2D eigenvalue weighted by Gasteiger charge is -2.37. The zero-order chi connectivity index (χ0) is 16.5. The summed E-state index contributed by atoms with van der Waals surface area (Å²) in [4.78, 5) is 36.9. The van der Waals surface area contributed by atoms with Crippen LogP contribution in [0.5, 0.6) is 0 Å². The van der Waals surface area contributed by atoms with Crippen molar-refractivity contribution < 1.29 is 9.59 Å². The number of aromatic nitrogens is 2. The highest BCUT2D eigenvalue weighted by Gasteiger charge is 2.41. The van der Waals surface area contributed by atoms with Crippen LogP contribution in [0.4, 0.5) is 10.7 Å². The zero-order valence-electron chi connectivity index (χ0n) is 13.7.